The maximum Gasteiger partial charge on any atom is 0.356 e. The zero-order valence-electron chi connectivity index (χ0n) is 5.89. The van der Waals surface area contributed by atoms with Gasteiger partial charge in [-0.1, -0.05) is 13.8 Å². The summed E-state index contributed by atoms with van der Waals surface area (Å²) >= 11 is 0. The molecule has 0 fully saturated rings. The minimum absolute atomic E-state index is 0.251. The number of halogens is 1. The van der Waals surface area contributed by atoms with Gasteiger partial charge in [0.15, 0.2) is 0 Å². The van der Waals surface area contributed by atoms with Gasteiger partial charge in [0.1, 0.15) is 12.2 Å². The average Bonchev–Trinajstić information content (AvgIpc) is 1.87. The van der Waals surface area contributed by atoms with Crippen LogP contribution in [0.3, 0.4) is 0 Å². The van der Waals surface area contributed by atoms with E-state index in [1.54, 1.807) is 13.8 Å². The zero-order valence-corrected chi connectivity index (χ0v) is 5.89. The molecule has 0 aromatic heterocycles. The Labute approximate surface area is 58.1 Å². The standard InChI is InChI=1S/C6H9FO3/c1-4(2)5(8)3-6(9)10-7/h4H,3H2,1-2H3. The summed E-state index contributed by atoms with van der Waals surface area (Å²) in [6, 6.07) is 0. The minimum Gasteiger partial charge on any atom is -0.299 e. The molecule has 0 bridgehead atoms. The van der Waals surface area contributed by atoms with E-state index in [2.05, 4.69) is 4.94 Å². The second-order valence-corrected chi connectivity index (χ2v) is 2.25. The fraction of sp³-hybridized carbons (Fsp3) is 0.667. The van der Waals surface area contributed by atoms with Crippen molar-refractivity contribution in [3.63, 3.8) is 0 Å². The van der Waals surface area contributed by atoms with Crippen LogP contribution < -0.4 is 0 Å². The number of carbonyl (C=O) groups excluding carboxylic acids is 2. The van der Waals surface area contributed by atoms with E-state index in [9.17, 15) is 14.1 Å². The van der Waals surface area contributed by atoms with Gasteiger partial charge >= 0.3 is 5.97 Å². The fourth-order valence-electron chi connectivity index (χ4n) is 0.374. The molecule has 0 saturated heterocycles. The summed E-state index contributed by atoms with van der Waals surface area (Å²) in [6.45, 7) is 3.27. The first-order chi connectivity index (χ1) is 4.57. The molecule has 0 aliphatic heterocycles. The molecule has 0 heterocycles. The molecule has 10 heavy (non-hydrogen) atoms. The largest absolute Gasteiger partial charge is 0.356 e. The Bertz CT molecular complexity index is 142. The van der Waals surface area contributed by atoms with Crippen LogP contribution in [0.5, 0.6) is 0 Å². The van der Waals surface area contributed by atoms with E-state index in [4.69, 9.17) is 0 Å². The van der Waals surface area contributed by atoms with Gasteiger partial charge in [-0.25, -0.2) is 4.79 Å². The third-order valence-electron chi connectivity index (χ3n) is 1.05. The molecule has 0 N–H and O–H groups in total. The Balaban J connectivity index is 3.69. The van der Waals surface area contributed by atoms with Crippen LogP contribution in [-0.2, 0) is 14.5 Å². The second kappa shape index (κ2) is 3.98. The van der Waals surface area contributed by atoms with Gasteiger partial charge in [0.2, 0.25) is 0 Å². The van der Waals surface area contributed by atoms with Crippen molar-refractivity contribution in [3.8, 4) is 0 Å². The van der Waals surface area contributed by atoms with Crippen LogP contribution in [0.2, 0.25) is 0 Å². The molecule has 4 heteroatoms. The molecule has 0 aliphatic rings. The average molecular weight is 148 g/mol. The van der Waals surface area contributed by atoms with Crippen molar-refractivity contribution in [2.75, 3.05) is 0 Å². The lowest BCUT2D eigenvalue weighted by atomic mass is 10.1. The Morgan fingerprint density at radius 1 is 1.50 bits per heavy atom. The third kappa shape index (κ3) is 3.17. The predicted octanol–water partition coefficient (Wildman–Crippen LogP) is 1.03. The van der Waals surface area contributed by atoms with Crippen LogP contribution in [0.15, 0.2) is 0 Å². The first kappa shape index (κ1) is 9.07. The van der Waals surface area contributed by atoms with Gasteiger partial charge in [0.05, 0.1) is 0 Å². The Morgan fingerprint density at radius 3 is 2.30 bits per heavy atom. The van der Waals surface area contributed by atoms with Crippen molar-refractivity contribution in [3.05, 3.63) is 0 Å². The zero-order chi connectivity index (χ0) is 8.15. The molecule has 0 rings (SSSR count). The first-order valence-corrected chi connectivity index (χ1v) is 2.92. The number of carbonyl (C=O) groups is 2. The summed E-state index contributed by atoms with van der Waals surface area (Å²) in [5.74, 6) is -1.69. The normalized spacial score (nSPS) is 9.60. The highest BCUT2D eigenvalue weighted by atomic mass is 19.3. The summed E-state index contributed by atoms with van der Waals surface area (Å²) in [4.78, 5) is 23.6. The van der Waals surface area contributed by atoms with Crippen LogP contribution in [-0.4, -0.2) is 11.8 Å². The molecule has 3 nitrogen and oxygen atoms in total. The number of hydrogen-bond donors (Lipinski definition) is 0. The SMILES string of the molecule is CC(C)C(=O)CC(=O)OF. The predicted molar refractivity (Wildman–Crippen MR) is 31.7 cm³/mol. The van der Waals surface area contributed by atoms with Crippen molar-refractivity contribution >= 4 is 11.8 Å². The van der Waals surface area contributed by atoms with Crippen LogP contribution in [0, 0.1) is 5.92 Å². The van der Waals surface area contributed by atoms with Crippen LogP contribution >= 0.6 is 0 Å². The lowest BCUT2D eigenvalue weighted by Gasteiger charge is -1.98. The topological polar surface area (TPSA) is 43.4 Å². The quantitative estimate of drug-likeness (QED) is 0.561. The molecule has 0 aliphatic carbocycles. The molecule has 0 aromatic carbocycles. The Morgan fingerprint density at radius 2 is 2.00 bits per heavy atom. The van der Waals surface area contributed by atoms with E-state index in [1.807, 2.05) is 0 Å². The van der Waals surface area contributed by atoms with E-state index in [0.717, 1.165) is 0 Å². The van der Waals surface area contributed by atoms with Gasteiger partial charge in [-0.05, 0) is 0 Å². The molecule has 0 radical (unpaired) electrons. The minimum atomic E-state index is -1.13. The van der Waals surface area contributed by atoms with Crippen molar-refractivity contribution in [2.45, 2.75) is 20.3 Å². The summed E-state index contributed by atoms with van der Waals surface area (Å²) in [5, 5.41) is 0. The van der Waals surface area contributed by atoms with Gasteiger partial charge in [-0.15, -0.1) is 0 Å². The molecule has 58 valence electrons. The van der Waals surface area contributed by atoms with Crippen molar-refractivity contribution in [2.24, 2.45) is 5.92 Å². The van der Waals surface area contributed by atoms with E-state index in [0.29, 0.717) is 0 Å². The molecular weight excluding hydrogens is 139 g/mol. The molecule has 0 spiro atoms. The summed E-state index contributed by atoms with van der Waals surface area (Å²) < 4.78 is 11.0. The number of ketones is 1. The molecule has 0 amide bonds. The highest BCUT2D eigenvalue weighted by Gasteiger charge is 2.13. The molecule has 0 saturated carbocycles. The van der Waals surface area contributed by atoms with Gasteiger partial charge < -0.3 is 0 Å². The Hall–Kier alpha value is -0.930. The van der Waals surface area contributed by atoms with E-state index >= 15 is 0 Å². The smallest absolute Gasteiger partial charge is 0.299 e. The summed E-state index contributed by atoms with van der Waals surface area (Å²) in [5.41, 5.74) is 0. The maximum absolute atomic E-state index is 11.0. The molecule has 0 atom stereocenters. The van der Waals surface area contributed by atoms with Gasteiger partial charge in [0, 0.05) is 10.4 Å². The lowest BCUT2D eigenvalue weighted by molar-refractivity contribution is -0.184. The van der Waals surface area contributed by atoms with E-state index in [-0.39, 0.29) is 11.7 Å². The summed E-state index contributed by atoms with van der Waals surface area (Å²) in [6.07, 6.45) is -0.478. The molecule has 0 unspecified atom stereocenters. The first-order valence-electron chi connectivity index (χ1n) is 2.92. The van der Waals surface area contributed by atoms with Crippen LogP contribution in [0.1, 0.15) is 20.3 Å². The van der Waals surface area contributed by atoms with Crippen molar-refractivity contribution < 1.29 is 19.1 Å². The third-order valence-corrected chi connectivity index (χ3v) is 1.05. The van der Waals surface area contributed by atoms with Crippen LogP contribution in [0.25, 0.3) is 0 Å². The molecule has 0 aromatic rings. The van der Waals surface area contributed by atoms with Gasteiger partial charge in [0.25, 0.3) is 0 Å². The number of hydrogen-bond acceptors (Lipinski definition) is 3. The lowest BCUT2D eigenvalue weighted by Crippen LogP contribution is -2.12. The number of Topliss-reactive ketones (excluding diaryl/α,β-unsaturated/α-hetero) is 1. The maximum atomic E-state index is 11.0. The summed E-state index contributed by atoms with van der Waals surface area (Å²) in [7, 11) is 0. The highest BCUT2D eigenvalue weighted by molar-refractivity contribution is 5.96. The molecular formula is C6H9FO3. The Kier molecular flexibility index (Phi) is 3.61. The van der Waals surface area contributed by atoms with E-state index < -0.39 is 12.4 Å². The fourth-order valence-corrected chi connectivity index (χ4v) is 0.374. The highest BCUT2D eigenvalue weighted by Crippen LogP contribution is 1.99. The second-order valence-electron chi connectivity index (χ2n) is 2.25. The monoisotopic (exact) mass is 148 g/mol. The number of rotatable bonds is 3. The van der Waals surface area contributed by atoms with Gasteiger partial charge in [-0.2, -0.15) is 0 Å². The van der Waals surface area contributed by atoms with Crippen molar-refractivity contribution in [1.82, 2.24) is 0 Å². The van der Waals surface area contributed by atoms with Gasteiger partial charge in [-0.3, -0.25) is 9.74 Å². The van der Waals surface area contributed by atoms with Crippen molar-refractivity contribution in [1.29, 1.82) is 0 Å². The van der Waals surface area contributed by atoms with E-state index in [1.165, 1.54) is 0 Å². The van der Waals surface area contributed by atoms with Crippen LogP contribution in [0.4, 0.5) is 4.53 Å².